The Morgan fingerprint density at radius 2 is 2.11 bits per heavy atom. The third kappa shape index (κ3) is 1.86. The van der Waals surface area contributed by atoms with Gasteiger partial charge in [-0.05, 0) is 49.7 Å². The minimum atomic E-state index is 0.180. The van der Waals surface area contributed by atoms with Crippen LogP contribution in [0.4, 0.5) is 0 Å². The monoisotopic (exact) mass is 246 g/mol. The zero-order valence-electron chi connectivity index (χ0n) is 10.6. The number of carbonyl (C=O) groups is 1. The summed E-state index contributed by atoms with van der Waals surface area (Å²) in [6.07, 6.45) is 2.10. The Kier molecular flexibility index (Phi) is 2.96. The first-order valence-electron chi connectivity index (χ1n) is 6.48. The number of hydrogen-bond donors (Lipinski definition) is 1. The minimum Gasteiger partial charge on any atom is -0.497 e. The molecule has 2 aliphatic heterocycles. The maximum absolute atomic E-state index is 12.4. The lowest BCUT2D eigenvalue weighted by atomic mass is 10.1. The molecule has 1 aromatic rings. The van der Waals surface area contributed by atoms with Gasteiger partial charge in [-0.1, -0.05) is 0 Å². The highest BCUT2D eigenvalue weighted by molar-refractivity contribution is 5.98. The molecule has 1 amide bonds. The van der Waals surface area contributed by atoms with Gasteiger partial charge in [0.15, 0.2) is 0 Å². The number of methoxy groups -OCH3 is 1. The van der Waals surface area contributed by atoms with Crippen LogP contribution in [0.3, 0.4) is 0 Å². The smallest absolute Gasteiger partial charge is 0.254 e. The van der Waals surface area contributed by atoms with E-state index < -0.39 is 0 Å². The van der Waals surface area contributed by atoms with E-state index in [1.807, 2.05) is 23.1 Å². The van der Waals surface area contributed by atoms with E-state index in [1.54, 1.807) is 7.11 Å². The molecule has 0 unspecified atom stereocenters. The van der Waals surface area contributed by atoms with Crippen molar-refractivity contribution in [3.8, 4) is 5.75 Å². The summed E-state index contributed by atoms with van der Waals surface area (Å²) in [5.74, 6) is 1.01. The fourth-order valence-corrected chi connectivity index (χ4v) is 2.86. The maximum atomic E-state index is 12.4. The molecule has 2 aliphatic rings. The number of amides is 1. The summed E-state index contributed by atoms with van der Waals surface area (Å²) in [6.45, 7) is 2.75. The molecule has 0 bridgehead atoms. The van der Waals surface area contributed by atoms with Crippen molar-refractivity contribution in [2.24, 2.45) is 0 Å². The molecule has 4 nitrogen and oxygen atoms in total. The molecule has 1 fully saturated rings. The molecule has 2 heterocycles. The number of nitrogens with one attached hydrogen (secondary N) is 1. The Balaban J connectivity index is 1.83. The number of nitrogens with zero attached hydrogens (tertiary/aromatic N) is 1. The Morgan fingerprint density at radius 3 is 2.83 bits per heavy atom. The van der Waals surface area contributed by atoms with Crippen molar-refractivity contribution in [2.75, 3.05) is 20.2 Å². The third-order valence-corrected chi connectivity index (χ3v) is 3.89. The number of benzene rings is 1. The molecular weight excluding hydrogens is 228 g/mol. The number of hydrogen-bond acceptors (Lipinski definition) is 3. The summed E-state index contributed by atoms with van der Waals surface area (Å²) in [7, 11) is 1.66. The second-order valence-corrected chi connectivity index (χ2v) is 4.94. The average molecular weight is 246 g/mol. The molecule has 18 heavy (non-hydrogen) atoms. The number of carbonyl (C=O) groups excluding carboxylic acids is 1. The summed E-state index contributed by atoms with van der Waals surface area (Å²) < 4.78 is 5.22. The predicted molar refractivity (Wildman–Crippen MR) is 68.8 cm³/mol. The lowest BCUT2D eigenvalue weighted by Gasteiger charge is -2.31. The SMILES string of the molecule is COc1ccc2c(c1)CN(C1CCNCC1)C2=O. The molecular formula is C14H18N2O2. The molecule has 0 atom stereocenters. The van der Waals surface area contributed by atoms with Crippen LogP contribution in [-0.2, 0) is 6.54 Å². The molecule has 4 heteroatoms. The van der Waals surface area contributed by atoms with Gasteiger partial charge in [-0.25, -0.2) is 0 Å². The van der Waals surface area contributed by atoms with Crippen molar-refractivity contribution in [1.29, 1.82) is 0 Å². The van der Waals surface area contributed by atoms with Crippen molar-refractivity contribution in [2.45, 2.75) is 25.4 Å². The van der Waals surface area contributed by atoms with Crippen molar-refractivity contribution < 1.29 is 9.53 Å². The lowest BCUT2D eigenvalue weighted by molar-refractivity contribution is 0.0668. The second kappa shape index (κ2) is 4.61. The van der Waals surface area contributed by atoms with Gasteiger partial charge in [0.1, 0.15) is 5.75 Å². The van der Waals surface area contributed by atoms with Crippen LogP contribution in [0.25, 0.3) is 0 Å². The van der Waals surface area contributed by atoms with Crippen LogP contribution in [0.5, 0.6) is 5.75 Å². The van der Waals surface area contributed by atoms with E-state index >= 15 is 0 Å². The van der Waals surface area contributed by atoms with Crippen LogP contribution in [-0.4, -0.2) is 37.0 Å². The molecule has 0 spiro atoms. The number of piperidine rings is 1. The van der Waals surface area contributed by atoms with Crippen LogP contribution in [0.2, 0.25) is 0 Å². The highest BCUT2D eigenvalue weighted by Gasteiger charge is 2.33. The Hall–Kier alpha value is -1.55. The third-order valence-electron chi connectivity index (χ3n) is 3.89. The summed E-state index contributed by atoms with van der Waals surface area (Å²) in [4.78, 5) is 14.4. The van der Waals surface area contributed by atoms with Gasteiger partial charge in [0.25, 0.3) is 5.91 Å². The number of rotatable bonds is 2. The fourth-order valence-electron chi connectivity index (χ4n) is 2.86. The first-order valence-corrected chi connectivity index (χ1v) is 6.48. The highest BCUT2D eigenvalue weighted by atomic mass is 16.5. The van der Waals surface area contributed by atoms with Crippen LogP contribution >= 0.6 is 0 Å². The van der Waals surface area contributed by atoms with E-state index in [1.165, 1.54) is 0 Å². The van der Waals surface area contributed by atoms with Crippen LogP contribution in [0, 0.1) is 0 Å². The van der Waals surface area contributed by atoms with E-state index in [2.05, 4.69) is 5.32 Å². The molecule has 1 N–H and O–H groups in total. The van der Waals surface area contributed by atoms with Crippen molar-refractivity contribution in [1.82, 2.24) is 10.2 Å². The Labute approximate surface area is 107 Å². The quantitative estimate of drug-likeness (QED) is 0.857. The number of ether oxygens (including phenoxy) is 1. The van der Waals surface area contributed by atoms with E-state index in [0.717, 1.165) is 49.4 Å². The molecule has 0 saturated carbocycles. The van der Waals surface area contributed by atoms with Crippen LogP contribution in [0.1, 0.15) is 28.8 Å². The molecule has 0 aliphatic carbocycles. The first kappa shape index (κ1) is 11.5. The molecule has 0 radical (unpaired) electrons. The first-order chi connectivity index (χ1) is 8.79. The van der Waals surface area contributed by atoms with Crippen LogP contribution in [0.15, 0.2) is 18.2 Å². The van der Waals surface area contributed by atoms with Gasteiger partial charge in [0, 0.05) is 18.2 Å². The maximum Gasteiger partial charge on any atom is 0.254 e. The summed E-state index contributed by atoms with van der Waals surface area (Å²) in [5.41, 5.74) is 1.94. The fraction of sp³-hybridized carbons (Fsp3) is 0.500. The van der Waals surface area contributed by atoms with E-state index in [0.29, 0.717) is 6.04 Å². The normalized spacial score (nSPS) is 20.1. The van der Waals surface area contributed by atoms with E-state index in [-0.39, 0.29) is 5.91 Å². The summed E-state index contributed by atoms with van der Waals surface area (Å²) in [6, 6.07) is 6.12. The van der Waals surface area contributed by atoms with Crippen molar-refractivity contribution >= 4 is 5.91 Å². The Morgan fingerprint density at radius 1 is 1.33 bits per heavy atom. The molecule has 96 valence electrons. The zero-order valence-corrected chi connectivity index (χ0v) is 10.6. The number of fused-ring (bicyclic) bond motifs is 1. The molecule has 3 rings (SSSR count). The van der Waals surface area contributed by atoms with Gasteiger partial charge in [-0.3, -0.25) is 4.79 Å². The van der Waals surface area contributed by atoms with Crippen molar-refractivity contribution in [3.63, 3.8) is 0 Å². The lowest BCUT2D eigenvalue weighted by Crippen LogP contribution is -2.43. The van der Waals surface area contributed by atoms with Gasteiger partial charge in [0.05, 0.1) is 7.11 Å². The zero-order chi connectivity index (χ0) is 12.5. The molecule has 1 aromatic carbocycles. The predicted octanol–water partition coefficient (Wildman–Crippen LogP) is 1.40. The van der Waals surface area contributed by atoms with Gasteiger partial charge < -0.3 is 15.0 Å². The minimum absolute atomic E-state index is 0.180. The van der Waals surface area contributed by atoms with Gasteiger partial charge in [0.2, 0.25) is 0 Å². The molecule has 1 saturated heterocycles. The van der Waals surface area contributed by atoms with Crippen LogP contribution < -0.4 is 10.1 Å². The highest BCUT2D eigenvalue weighted by Crippen LogP contribution is 2.29. The largest absolute Gasteiger partial charge is 0.497 e. The standard InChI is InChI=1S/C14H18N2O2/c1-18-12-2-3-13-10(8-12)9-16(14(13)17)11-4-6-15-7-5-11/h2-3,8,11,15H,4-7,9H2,1H3. The van der Waals surface area contributed by atoms with Crippen molar-refractivity contribution in [3.05, 3.63) is 29.3 Å². The topological polar surface area (TPSA) is 41.6 Å². The van der Waals surface area contributed by atoms with Gasteiger partial charge >= 0.3 is 0 Å². The van der Waals surface area contributed by atoms with Gasteiger partial charge in [-0.2, -0.15) is 0 Å². The second-order valence-electron chi connectivity index (χ2n) is 4.94. The van der Waals surface area contributed by atoms with E-state index in [4.69, 9.17) is 4.74 Å². The van der Waals surface area contributed by atoms with E-state index in [9.17, 15) is 4.79 Å². The Bertz CT molecular complexity index is 467. The van der Waals surface area contributed by atoms with Gasteiger partial charge in [-0.15, -0.1) is 0 Å². The average Bonchev–Trinajstić information content (AvgIpc) is 2.76. The molecule has 0 aromatic heterocycles. The summed E-state index contributed by atoms with van der Waals surface area (Å²) in [5, 5.41) is 3.33. The summed E-state index contributed by atoms with van der Waals surface area (Å²) >= 11 is 0.